The topological polar surface area (TPSA) is 63.4 Å². The first kappa shape index (κ1) is 19.4. The molecule has 0 aliphatic heterocycles. The van der Waals surface area contributed by atoms with E-state index in [2.05, 4.69) is 0 Å². The summed E-state index contributed by atoms with van der Waals surface area (Å²) in [6, 6.07) is 22.7. The maximum Gasteiger partial charge on any atom is 0.243 e. The first-order valence-electron chi connectivity index (χ1n) is 8.55. The summed E-state index contributed by atoms with van der Waals surface area (Å²) in [6.07, 6.45) is 0. The molecule has 0 saturated heterocycles. The molecule has 3 aromatic carbocycles. The molecule has 6 heteroatoms. The molecule has 0 heterocycles. The number of hydrogen-bond donors (Lipinski definition) is 1. The average molecular weight is 401 g/mol. The molecule has 0 radical (unpaired) electrons. The van der Waals surface area contributed by atoms with Crippen LogP contribution < -0.4 is 5.73 Å². The normalized spacial score (nSPS) is 12.9. The van der Waals surface area contributed by atoms with Crippen molar-refractivity contribution in [1.82, 2.24) is 4.31 Å². The Kier molecular flexibility index (Phi) is 5.85. The van der Waals surface area contributed by atoms with Gasteiger partial charge in [0.05, 0.1) is 4.90 Å². The molecule has 2 N–H and O–H groups in total. The molecule has 3 aromatic rings. The van der Waals surface area contributed by atoms with Gasteiger partial charge in [-0.2, -0.15) is 4.31 Å². The molecule has 0 amide bonds. The Morgan fingerprint density at radius 1 is 0.963 bits per heavy atom. The Bertz CT molecular complexity index is 1010. The summed E-state index contributed by atoms with van der Waals surface area (Å²) in [5.41, 5.74) is 8.25. The van der Waals surface area contributed by atoms with Gasteiger partial charge >= 0.3 is 0 Å². The van der Waals surface area contributed by atoms with E-state index >= 15 is 0 Å². The van der Waals surface area contributed by atoms with Crippen LogP contribution in [0, 0.1) is 0 Å². The monoisotopic (exact) mass is 400 g/mol. The zero-order valence-corrected chi connectivity index (χ0v) is 16.5. The van der Waals surface area contributed by atoms with Crippen molar-refractivity contribution in [2.24, 2.45) is 0 Å². The third kappa shape index (κ3) is 4.50. The summed E-state index contributed by atoms with van der Waals surface area (Å²) >= 11 is 5.92. The summed E-state index contributed by atoms with van der Waals surface area (Å²) in [6.45, 7) is 2.12. The van der Waals surface area contributed by atoms with Gasteiger partial charge in [-0.05, 0) is 54.4 Å². The predicted molar refractivity (Wildman–Crippen MR) is 110 cm³/mol. The lowest BCUT2D eigenvalue weighted by Crippen LogP contribution is -2.33. The van der Waals surface area contributed by atoms with Crippen LogP contribution in [-0.4, -0.2) is 12.7 Å². The van der Waals surface area contributed by atoms with Crippen molar-refractivity contribution in [3.8, 4) is 0 Å². The van der Waals surface area contributed by atoms with Crippen molar-refractivity contribution in [1.29, 1.82) is 0 Å². The Morgan fingerprint density at radius 2 is 1.63 bits per heavy atom. The number of sulfonamides is 1. The zero-order chi connectivity index (χ0) is 19.4. The summed E-state index contributed by atoms with van der Waals surface area (Å²) < 4.78 is 28.3. The van der Waals surface area contributed by atoms with Gasteiger partial charge in [-0.3, -0.25) is 0 Å². The van der Waals surface area contributed by atoms with Crippen LogP contribution >= 0.6 is 11.6 Å². The van der Waals surface area contributed by atoms with E-state index < -0.39 is 16.1 Å². The highest BCUT2D eigenvalue weighted by molar-refractivity contribution is 7.89. The number of benzene rings is 3. The summed E-state index contributed by atoms with van der Waals surface area (Å²) in [5, 5.41) is 0.493. The van der Waals surface area contributed by atoms with Gasteiger partial charge < -0.3 is 5.73 Å². The third-order valence-corrected chi connectivity index (χ3v) is 6.61. The number of hydrogen-bond acceptors (Lipinski definition) is 3. The summed E-state index contributed by atoms with van der Waals surface area (Å²) in [4.78, 5) is 0.207. The molecule has 0 aromatic heterocycles. The Labute approximate surface area is 165 Å². The molecule has 4 nitrogen and oxygen atoms in total. The SMILES string of the molecule is CC(c1cccc(N)c1)N(Cc1ccccc1)S(=O)(=O)c1ccc(Cl)cc1. The molecular formula is C21H21ClN2O2S. The van der Waals surface area contributed by atoms with E-state index in [4.69, 9.17) is 17.3 Å². The van der Waals surface area contributed by atoms with Crippen molar-refractivity contribution in [3.05, 3.63) is 95.0 Å². The number of rotatable bonds is 6. The molecule has 0 bridgehead atoms. The number of anilines is 1. The fraction of sp³-hybridized carbons (Fsp3) is 0.143. The molecule has 3 rings (SSSR count). The number of nitrogen functional groups attached to an aromatic ring is 1. The largest absolute Gasteiger partial charge is 0.399 e. The van der Waals surface area contributed by atoms with Crippen molar-refractivity contribution in [3.63, 3.8) is 0 Å². The van der Waals surface area contributed by atoms with Crippen molar-refractivity contribution >= 4 is 27.3 Å². The molecular weight excluding hydrogens is 380 g/mol. The van der Waals surface area contributed by atoms with Crippen LogP contribution in [0.25, 0.3) is 0 Å². The maximum absolute atomic E-state index is 13.4. The van der Waals surface area contributed by atoms with Gasteiger partial charge in [-0.25, -0.2) is 8.42 Å². The van der Waals surface area contributed by atoms with E-state index in [1.165, 1.54) is 16.4 Å². The van der Waals surface area contributed by atoms with E-state index in [1.807, 2.05) is 49.4 Å². The van der Waals surface area contributed by atoms with Gasteiger partial charge in [-0.15, -0.1) is 0 Å². The van der Waals surface area contributed by atoms with Crippen molar-refractivity contribution < 1.29 is 8.42 Å². The van der Waals surface area contributed by atoms with Crippen LogP contribution in [0.4, 0.5) is 5.69 Å². The van der Waals surface area contributed by atoms with E-state index in [0.717, 1.165) is 11.1 Å². The van der Waals surface area contributed by atoms with Gasteiger partial charge in [0.1, 0.15) is 0 Å². The molecule has 140 valence electrons. The van der Waals surface area contributed by atoms with Crippen LogP contribution in [0.2, 0.25) is 5.02 Å². The molecule has 1 unspecified atom stereocenters. The fourth-order valence-electron chi connectivity index (χ4n) is 2.92. The molecule has 0 fully saturated rings. The van der Waals surface area contributed by atoms with Crippen LogP contribution in [0.5, 0.6) is 0 Å². The third-order valence-electron chi connectivity index (χ3n) is 4.43. The second-order valence-corrected chi connectivity index (χ2v) is 8.66. The minimum atomic E-state index is -3.74. The van der Waals surface area contributed by atoms with E-state index in [0.29, 0.717) is 10.7 Å². The predicted octanol–water partition coefficient (Wildman–Crippen LogP) is 4.87. The smallest absolute Gasteiger partial charge is 0.243 e. The lowest BCUT2D eigenvalue weighted by molar-refractivity contribution is 0.336. The lowest BCUT2D eigenvalue weighted by Gasteiger charge is -2.29. The van der Waals surface area contributed by atoms with Crippen molar-refractivity contribution in [2.75, 3.05) is 5.73 Å². The number of halogens is 1. The minimum Gasteiger partial charge on any atom is -0.399 e. The van der Waals surface area contributed by atoms with Crippen molar-refractivity contribution in [2.45, 2.75) is 24.4 Å². The molecule has 0 spiro atoms. The fourth-order valence-corrected chi connectivity index (χ4v) is 4.65. The Balaban J connectivity index is 2.05. The van der Waals surface area contributed by atoms with Gasteiger partial charge in [0.2, 0.25) is 10.0 Å². The molecule has 1 atom stereocenters. The van der Waals surface area contributed by atoms with Gasteiger partial charge in [0.25, 0.3) is 0 Å². The molecule has 0 saturated carbocycles. The Morgan fingerprint density at radius 3 is 2.26 bits per heavy atom. The highest BCUT2D eigenvalue weighted by Gasteiger charge is 2.30. The first-order chi connectivity index (χ1) is 12.9. The second kappa shape index (κ2) is 8.13. The minimum absolute atomic E-state index is 0.207. The highest BCUT2D eigenvalue weighted by atomic mass is 35.5. The van der Waals surface area contributed by atoms with Crippen LogP contribution in [0.15, 0.2) is 83.8 Å². The van der Waals surface area contributed by atoms with E-state index in [9.17, 15) is 8.42 Å². The van der Waals surface area contributed by atoms with Crippen LogP contribution in [0.1, 0.15) is 24.1 Å². The lowest BCUT2D eigenvalue weighted by atomic mass is 10.1. The standard InChI is InChI=1S/C21H21ClN2O2S/c1-16(18-8-5-9-20(23)14-18)24(15-17-6-3-2-4-7-17)27(25,26)21-12-10-19(22)11-13-21/h2-14,16H,15,23H2,1H3. The highest BCUT2D eigenvalue weighted by Crippen LogP contribution is 2.30. The van der Waals surface area contributed by atoms with E-state index in [-0.39, 0.29) is 11.4 Å². The molecule has 27 heavy (non-hydrogen) atoms. The van der Waals surface area contributed by atoms with Gasteiger partial charge in [0, 0.05) is 23.3 Å². The first-order valence-corrected chi connectivity index (χ1v) is 10.4. The zero-order valence-electron chi connectivity index (χ0n) is 14.9. The summed E-state index contributed by atoms with van der Waals surface area (Å²) in [5.74, 6) is 0. The van der Waals surface area contributed by atoms with Gasteiger partial charge in [-0.1, -0.05) is 54.1 Å². The second-order valence-electron chi connectivity index (χ2n) is 6.34. The quantitative estimate of drug-likeness (QED) is 0.600. The molecule has 0 aliphatic carbocycles. The Hall–Kier alpha value is -2.34. The van der Waals surface area contributed by atoms with Crippen LogP contribution in [-0.2, 0) is 16.6 Å². The number of nitrogens with zero attached hydrogens (tertiary/aromatic N) is 1. The van der Waals surface area contributed by atoms with Gasteiger partial charge in [0.15, 0.2) is 0 Å². The summed E-state index contributed by atoms with van der Waals surface area (Å²) in [7, 11) is -3.74. The number of nitrogens with two attached hydrogens (primary N) is 1. The van der Waals surface area contributed by atoms with Crippen LogP contribution in [0.3, 0.4) is 0 Å². The average Bonchev–Trinajstić information content (AvgIpc) is 2.66. The molecule has 0 aliphatic rings. The van der Waals surface area contributed by atoms with E-state index in [1.54, 1.807) is 24.3 Å². The maximum atomic E-state index is 13.4.